The van der Waals surface area contributed by atoms with Gasteiger partial charge in [-0.1, -0.05) is 12.1 Å². The Balaban J connectivity index is 2.23. The molecule has 0 radical (unpaired) electrons. The molecule has 0 unspecified atom stereocenters. The van der Waals surface area contributed by atoms with Crippen molar-refractivity contribution in [2.75, 3.05) is 0 Å². The summed E-state index contributed by atoms with van der Waals surface area (Å²) in [6.45, 7) is -0.226. The summed E-state index contributed by atoms with van der Waals surface area (Å²) in [5.74, 6) is -0.837. The first-order valence-corrected chi connectivity index (χ1v) is 7.80. The molecular formula is C12H12FNO3S2. The monoisotopic (exact) mass is 301 g/mol. The van der Waals surface area contributed by atoms with Gasteiger partial charge in [-0.2, -0.15) is 0 Å². The van der Waals surface area contributed by atoms with E-state index < -0.39 is 20.7 Å². The van der Waals surface area contributed by atoms with E-state index in [1.54, 1.807) is 12.1 Å². The van der Waals surface area contributed by atoms with Gasteiger partial charge in [-0.3, -0.25) is 0 Å². The minimum absolute atomic E-state index is 0.114. The van der Waals surface area contributed by atoms with Crippen molar-refractivity contribution in [3.05, 3.63) is 52.0 Å². The standard InChI is InChI=1S/C12H12FNO3S2/c13-11-4-3-9(8-15)6-12(11)19(16,17)14-7-10-2-1-5-18-10/h1-6,14-15H,7-8H2. The summed E-state index contributed by atoms with van der Waals surface area (Å²) in [5.41, 5.74) is 0.345. The molecule has 0 aliphatic carbocycles. The molecule has 0 amide bonds. The first-order valence-electron chi connectivity index (χ1n) is 5.44. The molecule has 2 N–H and O–H groups in total. The highest BCUT2D eigenvalue weighted by atomic mass is 32.2. The molecular weight excluding hydrogens is 289 g/mol. The Hall–Kier alpha value is -1.28. The molecule has 0 aliphatic rings. The highest BCUT2D eigenvalue weighted by Crippen LogP contribution is 2.17. The molecule has 1 heterocycles. The van der Waals surface area contributed by atoms with Crippen LogP contribution < -0.4 is 4.72 Å². The van der Waals surface area contributed by atoms with Crippen LogP contribution in [0, 0.1) is 5.82 Å². The van der Waals surface area contributed by atoms with Gasteiger partial charge in [0.1, 0.15) is 10.7 Å². The van der Waals surface area contributed by atoms with Gasteiger partial charge in [-0.25, -0.2) is 17.5 Å². The summed E-state index contributed by atoms with van der Waals surface area (Å²) in [6.07, 6.45) is 0. The predicted molar refractivity (Wildman–Crippen MR) is 70.7 cm³/mol. The fraction of sp³-hybridized carbons (Fsp3) is 0.167. The topological polar surface area (TPSA) is 66.4 Å². The van der Waals surface area contributed by atoms with Crippen molar-refractivity contribution in [2.24, 2.45) is 0 Å². The summed E-state index contributed by atoms with van der Waals surface area (Å²) in [4.78, 5) is 0.387. The van der Waals surface area contributed by atoms with E-state index in [1.165, 1.54) is 17.4 Å². The zero-order valence-electron chi connectivity index (χ0n) is 9.84. The van der Waals surface area contributed by atoms with Crippen molar-refractivity contribution < 1.29 is 17.9 Å². The maximum absolute atomic E-state index is 13.6. The molecule has 7 heteroatoms. The van der Waals surface area contributed by atoms with Crippen LogP contribution in [0.15, 0.2) is 40.6 Å². The molecule has 0 atom stereocenters. The van der Waals surface area contributed by atoms with Crippen LogP contribution in [0.1, 0.15) is 10.4 Å². The number of halogens is 1. The molecule has 1 aromatic heterocycles. The van der Waals surface area contributed by atoms with E-state index >= 15 is 0 Å². The molecule has 0 spiro atoms. The number of hydrogen-bond donors (Lipinski definition) is 2. The van der Waals surface area contributed by atoms with Crippen LogP contribution in [0.4, 0.5) is 4.39 Å². The molecule has 0 aliphatic heterocycles. The maximum atomic E-state index is 13.6. The van der Waals surface area contributed by atoms with Gasteiger partial charge in [0.15, 0.2) is 0 Å². The number of aliphatic hydroxyl groups is 1. The SMILES string of the molecule is O=S(=O)(NCc1cccs1)c1cc(CO)ccc1F. The fourth-order valence-corrected chi connectivity index (χ4v) is 3.38. The molecule has 0 saturated carbocycles. The van der Waals surface area contributed by atoms with Crippen molar-refractivity contribution in [3.8, 4) is 0 Å². The summed E-state index contributed by atoms with van der Waals surface area (Å²) < 4.78 is 39.9. The molecule has 0 bridgehead atoms. The van der Waals surface area contributed by atoms with Gasteiger partial charge in [0, 0.05) is 11.4 Å². The average Bonchev–Trinajstić information content (AvgIpc) is 2.90. The maximum Gasteiger partial charge on any atom is 0.243 e. The van der Waals surface area contributed by atoms with Crippen LogP contribution in [0.25, 0.3) is 0 Å². The van der Waals surface area contributed by atoms with Gasteiger partial charge in [0.25, 0.3) is 0 Å². The lowest BCUT2D eigenvalue weighted by molar-refractivity contribution is 0.281. The van der Waals surface area contributed by atoms with Gasteiger partial charge in [0.2, 0.25) is 10.0 Å². The smallest absolute Gasteiger partial charge is 0.243 e. The van der Waals surface area contributed by atoms with Crippen molar-refractivity contribution >= 4 is 21.4 Å². The van der Waals surface area contributed by atoms with Crippen molar-refractivity contribution in [2.45, 2.75) is 18.0 Å². The summed E-state index contributed by atoms with van der Waals surface area (Å²) >= 11 is 1.41. The number of nitrogens with one attached hydrogen (secondary N) is 1. The van der Waals surface area contributed by atoms with E-state index in [-0.39, 0.29) is 13.2 Å². The van der Waals surface area contributed by atoms with Crippen LogP contribution in [0.5, 0.6) is 0 Å². The molecule has 102 valence electrons. The largest absolute Gasteiger partial charge is 0.392 e. The highest BCUT2D eigenvalue weighted by Gasteiger charge is 2.19. The average molecular weight is 301 g/mol. The van der Waals surface area contributed by atoms with Crippen LogP contribution in [0.2, 0.25) is 0 Å². The number of aliphatic hydroxyl groups excluding tert-OH is 1. The van der Waals surface area contributed by atoms with Crippen molar-refractivity contribution in [1.29, 1.82) is 0 Å². The van der Waals surface area contributed by atoms with E-state index in [1.807, 2.05) is 5.38 Å². The Labute approximate surface area is 114 Å². The Morgan fingerprint density at radius 3 is 2.74 bits per heavy atom. The lowest BCUT2D eigenvalue weighted by Gasteiger charge is -2.08. The third kappa shape index (κ3) is 3.38. The lowest BCUT2D eigenvalue weighted by atomic mass is 10.2. The molecule has 0 fully saturated rings. The zero-order chi connectivity index (χ0) is 13.9. The minimum Gasteiger partial charge on any atom is -0.392 e. The van der Waals surface area contributed by atoms with E-state index in [9.17, 15) is 12.8 Å². The second kappa shape index (κ2) is 5.79. The van der Waals surface area contributed by atoms with Gasteiger partial charge >= 0.3 is 0 Å². The second-order valence-electron chi connectivity index (χ2n) is 3.83. The van der Waals surface area contributed by atoms with Crippen LogP contribution >= 0.6 is 11.3 Å². The molecule has 1 aromatic carbocycles. The Morgan fingerprint density at radius 2 is 2.11 bits per heavy atom. The van der Waals surface area contributed by atoms with Crippen molar-refractivity contribution in [3.63, 3.8) is 0 Å². The van der Waals surface area contributed by atoms with Crippen LogP contribution in [-0.4, -0.2) is 13.5 Å². The number of hydrogen-bond acceptors (Lipinski definition) is 4. The summed E-state index contributed by atoms with van der Waals surface area (Å²) in [7, 11) is -3.93. The Morgan fingerprint density at radius 1 is 1.32 bits per heavy atom. The number of sulfonamides is 1. The minimum atomic E-state index is -3.93. The van der Waals surface area contributed by atoms with Crippen LogP contribution in [-0.2, 0) is 23.2 Å². The van der Waals surface area contributed by atoms with Crippen molar-refractivity contribution in [1.82, 2.24) is 4.72 Å². The van der Waals surface area contributed by atoms with Crippen LogP contribution in [0.3, 0.4) is 0 Å². The third-order valence-corrected chi connectivity index (χ3v) is 4.78. The first-order chi connectivity index (χ1) is 9.03. The molecule has 2 aromatic rings. The summed E-state index contributed by atoms with van der Waals surface area (Å²) in [6, 6.07) is 7.10. The van der Waals surface area contributed by atoms with E-state index in [4.69, 9.17) is 5.11 Å². The van der Waals surface area contributed by atoms with Gasteiger partial charge in [0.05, 0.1) is 6.61 Å². The quantitative estimate of drug-likeness (QED) is 0.886. The molecule has 0 saturated heterocycles. The third-order valence-electron chi connectivity index (χ3n) is 2.48. The van der Waals surface area contributed by atoms with Gasteiger partial charge < -0.3 is 5.11 Å². The normalized spacial score (nSPS) is 11.7. The fourth-order valence-electron chi connectivity index (χ4n) is 1.51. The molecule has 2 rings (SSSR count). The predicted octanol–water partition coefficient (Wildman–Crippen LogP) is 1.86. The van der Waals surface area contributed by atoms with E-state index in [2.05, 4.69) is 4.72 Å². The Kier molecular flexibility index (Phi) is 4.31. The zero-order valence-corrected chi connectivity index (χ0v) is 11.5. The number of rotatable bonds is 5. The summed E-state index contributed by atoms with van der Waals surface area (Å²) in [5, 5.41) is 10.8. The van der Waals surface area contributed by atoms with Gasteiger partial charge in [-0.05, 0) is 29.1 Å². The number of thiophene rings is 1. The Bertz CT molecular complexity index is 654. The lowest BCUT2D eigenvalue weighted by Crippen LogP contribution is -2.24. The highest BCUT2D eigenvalue weighted by molar-refractivity contribution is 7.89. The van der Waals surface area contributed by atoms with Gasteiger partial charge in [-0.15, -0.1) is 11.3 Å². The molecule has 19 heavy (non-hydrogen) atoms. The van der Waals surface area contributed by atoms with E-state index in [0.717, 1.165) is 17.0 Å². The first kappa shape index (κ1) is 14.1. The molecule has 4 nitrogen and oxygen atoms in total. The van der Waals surface area contributed by atoms with E-state index in [0.29, 0.717) is 5.56 Å². The number of benzene rings is 1. The second-order valence-corrected chi connectivity index (χ2v) is 6.59.